The van der Waals surface area contributed by atoms with Gasteiger partial charge in [0.1, 0.15) is 0 Å². The van der Waals surface area contributed by atoms with E-state index in [0.717, 1.165) is 6.42 Å². The zero-order valence-electron chi connectivity index (χ0n) is 6.78. The van der Waals surface area contributed by atoms with Gasteiger partial charge in [-0.15, -0.1) is 23.5 Å². The van der Waals surface area contributed by atoms with Crippen LogP contribution in [0.5, 0.6) is 0 Å². The average molecular weight is 207 g/mol. The predicted molar refractivity (Wildman–Crippen MR) is 54.0 cm³/mol. The van der Waals surface area contributed by atoms with E-state index in [1.54, 1.807) is 0 Å². The quantitative estimate of drug-likeness (QED) is 0.741. The van der Waals surface area contributed by atoms with Crippen molar-refractivity contribution in [2.24, 2.45) is 0 Å². The van der Waals surface area contributed by atoms with Crippen molar-refractivity contribution in [3.8, 4) is 0 Å². The number of nitrogens with one attached hydrogen (secondary N) is 1. The van der Waals surface area contributed by atoms with Crippen LogP contribution in [0.2, 0.25) is 0 Å². The number of carboxylic acid groups (broad SMARTS) is 1. The van der Waals surface area contributed by atoms with Crippen LogP contribution in [0.1, 0.15) is 12.8 Å². The Morgan fingerprint density at radius 1 is 1.50 bits per heavy atom. The molecule has 0 unspecified atom stereocenters. The third-order valence-electron chi connectivity index (χ3n) is 1.55. The molecule has 5 heteroatoms. The van der Waals surface area contributed by atoms with Gasteiger partial charge in [-0.1, -0.05) is 0 Å². The Morgan fingerprint density at radius 3 is 2.75 bits per heavy atom. The molecule has 1 aliphatic rings. The SMILES string of the molecule is O=C(O)NCCC1SCCCS1. The first-order chi connectivity index (χ1) is 5.79. The molecule has 0 aromatic heterocycles. The van der Waals surface area contributed by atoms with Gasteiger partial charge in [0.15, 0.2) is 0 Å². The molecule has 0 aliphatic carbocycles. The highest BCUT2D eigenvalue weighted by molar-refractivity contribution is 8.17. The number of rotatable bonds is 3. The van der Waals surface area contributed by atoms with Crippen LogP contribution >= 0.6 is 23.5 Å². The summed E-state index contributed by atoms with van der Waals surface area (Å²) in [6, 6.07) is 0. The minimum absolute atomic E-state index is 0.583. The minimum Gasteiger partial charge on any atom is -0.465 e. The molecule has 1 rings (SSSR count). The van der Waals surface area contributed by atoms with Gasteiger partial charge in [-0.2, -0.15) is 0 Å². The summed E-state index contributed by atoms with van der Waals surface area (Å²) in [4.78, 5) is 10.1. The molecule has 0 aromatic carbocycles. The summed E-state index contributed by atoms with van der Waals surface area (Å²) in [7, 11) is 0. The molecule has 1 saturated heterocycles. The molecule has 0 atom stereocenters. The Labute approximate surface area is 80.7 Å². The summed E-state index contributed by atoms with van der Waals surface area (Å²) in [5.41, 5.74) is 0. The maximum Gasteiger partial charge on any atom is 0.404 e. The molecule has 1 amide bonds. The molecule has 0 bridgehead atoms. The van der Waals surface area contributed by atoms with Crippen LogP contribution in [0.3, 0.4) is 0 Å². The highest BCUT2D eigenvalue weighted by Gasteiger charge is 2.13. The number of carbonyl (C=O) groups is 1. The highest BCUT2D eigenvalue weighted by Crippen LogP contribution is 2.32. The zero-order valence-corrected chi connectivity index (χ0v) is 8.42. The van der Waals surface area contributed by atoms with Crippen LogP contribution < -0.4 is 5.32 Å². The standard InChI is InChI=1S/C7H13NO2S2/c9-7(10)8-3-2-6-11-4-1-5-12-6/h6,8H,1-5H2,(H,9,10). The van der Waals surface area contributed by atoms with Gasteiger partial charge in [-0.05, 0) is 24.3 Å². The molecular weight excluding hydrogens is 194 g/mol. The Balaban J connectivity index is 2.01. The van der Waals surface area contributed by atoms with Crippen molar-refractivity contribution in [2.45, 2.75) is 17.4 Å². The lowest BCUT2D eigenvalue weighted by Gasteiger charge is -2.20. The Kier molecular flexibility index (Phi) is 4.68. The maximum atomic E-state index is 10.1. The van der Waals surface area contributed by atoms with E-state index in [2.05, 4.69) is 5.32 Å². The third-order valence-corrected chi connectivity index (χ3v) is 4.63. The largest absolute Gasteiger partial charge is 0.465 e. The zero-order chi connectivity index (χ0) is 8.81. The predicted octanol–water partition coefficient (Wildman–Crippen LogP) is 1.84. The summed E-state index contributed by atoms with van der Waals surface area (Å²) in [5.74, 6) is 2.45. The van der Waals surface area contributed by atoms with Crippen LogP contribution in [0.15, 0.2) is 0 Å². The van der Waals surface area contributed by atoms with Gasteiger partial charge in [-0.3, -0.25) is 0 Å². The molecule has 0 spiro atoms. The van der Waals surface area contributed by atoms with Gasteiger partial charge in [0.25, 0.3) is 0 Å². The monoisotopic (exact) mass is 207 g/mol. The van der Waals surface area contributed by atoms with E-state index < -0.39 is 6.09 Å². The average Bonchev–Trinajstić information content (AvgIpc) is 2.05. The molecule has 1 heterocycles. The molecule has 0 radical (unpaired) electrons. The Hall–Kier alpha value is -0.0300. The van der Waals surface area contributed by atoms with Gasteiger partial charge in [-0.25, -0.2) is 4.79 Å². The summed E-state index contributed by atoms with van der Waals surface area (Å²) in [5, 5.41) is 10.7. The van der Waals surface area contributed by atoms with Crippen molar-refractivity contribution >= 4 is 29.6 Å². The second-order valence-corrected chi connectivity index (χ2v) is 5.46. The van der Waals surface area contributed by atoms with Gasteiger partial charge >= 0.3 is 6.09 Å². The fourth-order valence-corrected chi connectivity index (χ4v) is 3.86. The van der Waals surface area contributed by atoms with E-state index in [1.165, 1.54) is 17.9 Å². The van der Waals surface area contributed by atoms with Gasteiger partial charge < -0.3 is 10.4 Å². The van der Waals surface area contributed by atoms with Gasteiger partial charge in [0.2, 0.25) is 0 Å². The number of amides is 1. The van der Waals surface area contributed by atoms with E-state index in [0.29, 0.717) is 11.1 Å². The number of hydrogen-bond acceptors (Lipinski definition) is 3. The fraction of sp³-hybridized carbons (Fsp3) is 0.857. The van der Waals surface area contributed by atoms with E-state index in [4.69, 9.17) is 5.11 Å². The normalized spacial score (nSPS) is 19.0. The molecule has 0 aromatic rings. The second-order valence-electron chi connectivity index (χ2n) is 2.55. The lowest BCUT2D eigenvalue weighted by atomic mass is 10.5. The van der Waals surface area contributed by atoms with Crippen LogP contribution in [-0.2, 0) is 0 Å². The lowest BCUT2D eigenvalue weighted by molar-refractivity contribution is 0.194. The topological polar surface area (TPSA) is 49.3 Å². The number of thioether (sulfide) groups is 2. The van der Waals surface area contributed by atoms with Crippen molar-refractivity contribution in [3.05, 3.63) is 0 Å². The van der Waals surface area contributed by atoms with Crippen molar-refractivity contribution < 1.29 is 9.90 Å². The van der Waals surface area contributed by atoms with Crippen molar-refractivity contribution in [3.63, 3.8) is 0 Å². The van der Waals surface area contributed by atoms with E-state index in [-0.39, 0.29) is 0 Å². The number of hydrogen-bond donors (Lipinski definition) is 2. The molecule has 3 nitrogen and oxygen atoms in total. The molecule has 70 valence electrons. The third kappa shape index (κ3) is 4.11. The van der Waals surface area contributed by atoms with E-state index >= 15 is 0 Å². The van der Waals surface area contributed by atoms with Crippen LogP contribution in [-0.4, -0.2) is 33.8 Å². The first kappa shape index (κ1) is 10.1. The van der Waals surface area contributed by atoms with Gasteiger partial charge in [0.05, 0.1) is 4.58 Å². The van der Waals surface area contributed by atoms with Crippen molar-refractivity contribution in [2.75, 3.05) is 18.1 Å². The molecule has 2 N–H and O–H groups in total. The van der Waals surface area contributed by atoms with E-state index in [1.807, 2.05) is 23.5 Å². The molecular formula is C7H13NO2S2. The molecule has 1 fully saturated rings. The maximum absolute atomic E-state index is 10.1. The first-order valence-corrected chi connectivity index (χ1v) is 6.09. The van der Waals surface area contributed by atoms with Crippen LogP contribution in [0.4, 0.5) is 4.79 Å². The summed E-state index contributed by atoms with van der Waals surface area (Å²) in [6.07, 6.45) is 1.32. The second kappa shape index (κ2) is 5.59. The highest BCUT2D eigenvalue weighted by atomic mass is 32.2. The van der Waals surface area contributed by atoms with Crippen molar-refractivity contribution in [1.82, 2.24) is 5.32 Å². The summed E-state index contributed by atoms with van der Waals surface area (Å²) >= 11 is 3.89. The summed E-state index contributed by atoms with van der Waals surface area (Å²) in [6.45, 7) is 0.583. The van der Waals surface area contributed by atoms with Crippen LogP contribution in [0.25, 0.3) is 0 Å². The molecule has 12 heavy (non-hydrogen) atoms. The lowest BCUT2D eigenvalue weighted by Crippen LogP contribution is -2.24. The fourth-order valence-electron chi connectivity index (χ4n) is 1.00. The van der Waals surface area contributed by atoms with Crippen LogP contribution in [0, 0.1) is 0 Å². The summed E-state index contributed by atoms with van der Waals surface area (Å²) < 4.78 is 0.602. The Morgan fingerprint density at radius 2 is 2.17 bits per heavy atom. The molecule has 1 aliphatic heterocycles. The first-order valence-electron chi connectivity index (χ1n) is 3.99. The Bertz CT molecular complexity index is 148. The van der Waals surface area contributed by atoms with Crippen molar-refractivity contribution in [1.29, 1.82) is 0 Å². The minimum atomic E-state index is -0.916. The van der Waals surface area contributed by atoms with Gasteiger partial charge in [0, 0.05) is 6.54 Å². The smallest absolute Gasteiger partial charge is 0.404 e. The molecule has 0 saturated carbocycles. The van der Waals surface area contributed by atoms with E-state index in [9.17, 15) is 4.79 Å².